The van der Waals surface area contributed by atoms with E-state index in [1.807, 2.05) is 0 Å². The maximum Gasteiger partial charge on any atom is 0.387 e. The van der Waals surface area contributed by atoms with E-state index in [9.17, 15) is 23.2 Å². The van der Waals surface area contributed by atoms with Gasteiger partial charge >= 0.3 is 12.3 Å². The van der Waals surface area contributed by atoms with Crippen molar-refractivity contribution in [2.75, 3.05) is 0 Å². The van der Waals surface area contributed by atoms with Crippen molar-refractivity contribution in [1.29, 1.82) is 0 Å². The van der Waals surface area contributed by atoms with E-state index in [0.717, 1.165) is 10.6 Å². The number of benzene rings is 1. The molecule has 0 atom stereocenters. The Morgan fingerprint density at radius 3 is 2.52 bits per heavy atom. The number of nitrogens with zero attached hydrogens (tertiary/aromatic N) is 2. The zero-order valence-electron chi connectivity index (χ0n) is 13.3. The van der Waals surface area contributed by atoms with Crippen molar-refractivity contribution < 1.29 is 18.3 Å². The molecular weight excluding hydrogens is 360 g/mol. The number of carbonyl (C=O) groups excluding carboxylic acids is 1. The fourth-order valence-electron chi connectivity index (χ4n) is 2.05. The van der Waals surface area contributed by atoms with Gasteiger partial charge in [-0.2, -0.15) is 8.78 Å². The molecular formula is C15H14ClF2N3O4. The van der Waals surface area contributed by atoms with Gasteiger partial charge in [-0.1, -0.05) is 11.6 Å². The van der Waals surface area contributed by atoms with Gasteiger partial charge in [0.25, 0.3) is 11.5 Å². The summed E-state index contributed by atoms with van der Waals surface area (Å²) in [6.07, 6.45) is 0. The summed E-state index contributed by atoms with van der Waals surface area (Å²) in [5.41, 5.74) is -0.595. The SMILES string of the molecule is Cn1c(CNC(=O)c2ccc(OC(F)F)c(Cl)c2)cc(=O)n(C)c1=O. The molecule has 0 fully saturated rings. The smallest absolute Gasteiger partial charge is 0.387 e. The predicted molar refractivity (Wildman–Crippen MR) is 86.2 cm³/mol. The van der Waals surface area contributed by atoms with Crippen molar-refractivity contribution in [2.24, 2.45) is 14.1 Å². The first-order valence-electron chi connectivity index (χ1n) is 6.99. The van der Waals surface area contributed by atoms with Crippen molar-refractivity contribution in [3.8, 4) is 5.75 Å². The number of nitrogens with one attached hydrogen (secondary N) is 1. The van der Waals surface area contributed by atoms with E-state index >= 15 is 0 Å². The molecule has 0 aliphatic carbocycles. The summed E-state index contributed by atoms with van der Waals surface area (Å²) < 4.78 is 30.7. The summed E-state index contributed by atoms with van der Waals surface area (Å²) in [6.45, 7) is -3.10. The number of alkyl halides is 2. The van der Waals surface area contributed by atoms with Crippen LogP contribution in [0.1, 0.15) is 16.1 Å². The minimum atomic E-state index is -3.03. The second-order valence-corrected chi connectivity index (χ2v) is 5.49. The molecule has 134 valence electrons. The minimum Gasteiger partial charge on any atom is -0.433 e. The number of rotatable bonds is 5. The summed E-state index contributed by atoms with van der Waals surface area (Å²) in [4.78, 5) is 35.6. The maximum atomic E-state index is 12.2. The number of hydrogen-bond donors (Lipinski definition) is 1. The summed E-state index contributed by atoms with van der Waals surface area (Å²) in [5.74, 6) is -0.805. The fraction of sp³-hybridized carbons (Fsp3) is 0.267. The molecule has 0 spiro atoms. The Morgan fingerprint density at radius 2 is 1.92 bits per heavy atom. The van der Waals surface area contributed by atoms with Crippen LogP contribution in [0.15, 0.2) is 33.9 Å². The Hall–Kier alpha value is -2.68. The van der Waals surface area contributed by atoms with E-state index in [0.29, 0.717) is 5.69 Å². The number of ether oxygens (including phenoxy) is 1. The Balaban J connectivity index is 2.15. The van der Waals surface area contributed by atoms with Crippen LogP contribution in [0.2, 0.25) is 5.02 Å². The first kappa shape index (κ1) is 18.7. The predicted octanol–water partition coefficient (Wildman–Crippen LogP) is 1.27. The van der Waals surface area contributed by atoms with Crippen LogP contribution in [0, 0.1) is 0 Å². The molecule has 7 nitrogen and oxygen atoms in total. The lowest BCUT2D eigenvalue weighted by atomic mass is 10.2. The molecule has 0 aliphatic rings. The Labute approximate surface area is 145 Å². The highest BCUT2D eigenvalue weighted by atomic mass is 35.5. The van der Waals surface area contributed by atoms with Crippen LogP contribution >= 0.6 is 11.6 Å². The second-order valence-electron chi connectivity index (χ2n) is 5.08. The third kappa shape index (κ3) is 4.24. The van der Waals surface area contributed by atoms with Crippen LogP contribution in [-0.4, -0.2) is 21.7 Å². The van der Waals surface area contributed by atoms with Gasteiger partial charge in [0.05, 0.1) is 11.6 Å². The minimum absolute atomic E-state index is 0.0758. The molecule has 1 aromatic carbocycles. The van der Waals surface area contributed by atoms with Crippen LogP contribution in [0.25, 0.3) is 0 Å². The van der Waals surface area contributed by atoms with E-state index in [4.69, 9.17) is 11.6 Å². The van der Waals surface area contributed by atoms with Gasteiger partial charge in [0, 0.05) is 31.4 Å². The highest BCUT2D eigenvalue weighted by Gasteiger charge is 2.13. The molecule has 1 N–H and O–H groups in total. The first-order valence-corrected chi connectivity index (χ1v) is 7.37. The van der Waals surface area contributed by atoms with E-state index in [-0.39, 0.29) is 22.9 Å². The summed E-state index contributed by atoms with van der Waals surface area (Å²) in [6, 6.07) is 4.82. The van der Waals surface area contributed by atoms with E-state index in [2.05, 4.69) is 10.1 Å². The van der Waals surface area contributed by atoms with E-state index in [1.165, 1.54) is 36.9 Å². The molecule has 0 unspecified atom stereocenters. The lowest BCUT2D eigenvalue weighted by Crippen LogP contribution is -2.39. The number of amides is 1. The molecule has 1 heterocycles. The molecule has 1 amide bonds. The molecule has 1 aromatic heterocycles. The van der Waals surface area contributed by atoms with Gasteiger partial charge in [-0.05, 0) is 18.2 Å². The molecule has 0 bridgehead atoms. The average Bonchev–Trinajstić information content (AvgIpc) is 2.56. The van der Waals surface area contributed by atoms with Gasteiger partial charge in [-0.25, -0.2) is 4.79 Å². The van der Waals surface area contributed by atoms with Gasteiger partial charge in [-0.15, -0.1) is 0 Å². The van der Waals surface area contributed by atoms with Gasteiger partial charge < -0.3 is 10.1 Å². The Bertz CT molecular complexity index is 924. The topological polar surface area (TPSA) is 82.3 Å². The molecule has 0 aliphatic heterocycles. The van der Waals surface area contributed by atoms with Crippen LogP contribution in [0.4, 0.5) is 8.78 Å². The highest BCUT2D eigenvalue weighted by Crippen LogP contribution is 2.26. The quantitative estimate of drug-likeness (QED) is 0.855. The second kappa shape index (κ2) is 7.47. The monoisotopic (exact) mass is 373 g/mol. The van der Waals surface area contributed by atoms with Crippen molar-refractivity contribution in [3.05, 3.63) is 61.4 Å². The largest absolute Gasteiger partial charge is 0.433 e. The van der Waals surface area contributed by atoms with Gasteiger partial charge in [0.15, 0.2) is 0 Å². The van der Waals surface area contributed by atoms with Gasteiger partial charge in [0.2, 0.25) is 0 Å². The van der Waals surface area contributed by atoms with Crippen molar-refractivity contribution in [2.45, 2.75) is 13.2 Å². The van der Waals surface area contributed by atoms with Gasteiger partial charge in [0.1, 0.15) is 5.75 Å². The molecule has 2 aromatic rings. The third-order valence-electron chi connectivity index (χ3n) is 3.47. The maximum absolute atomic E-state index is 12.2. The lowest BCUT2D eigenvalue weighted by Gasteiger charge is -2.11. The fourth-order valence-corrected chi connectivity index (χ4v) is 2.28. The van der Waals surface area contributed by atoms with Crippen LogP contribution in [-0.2, 0) is 20.6 Å². The molecule has 0 radical (unpaired) electrons. The van der Waals surface area contributed by atoms with Crippen LogP contribution in [0.3, 0.4) is 0 Å². The summed E-state index contributed by atoms with van der Waals surface area (Å²) in [5, 5.41) is 2.38. The van der Waals surface area contributed by atoms with Crippen molar-refractivity contribution >= 4 is 17.5 Å². The van der Waals surface area contributed by atoms with E-state index in [1.54, 1.807) is 0 Å². The van der Waals surface area contributed by atoms with Crippen molar-refractivity contribution in [3.63, 3.8) is 0 Å². The molecule has 0 saturated carbocycles. The Kier molecular flexibility index (Phi) is 5.58. The average molecular weight is 374 g/mol. The van der Waals surface area contributed by atoms with E-state index < -0.39 is 23.8 Å². The number of hydrogen-bond acceptors (Lipinski definition) is 4. The number of halogens is 3. The molecule has 0 saturated heterocycles. The Morgan fingerprint density at radius 1 is 1.24 bits per heavy atom. The number of aromatic nitrogens is 2. The van der Waals surface area contributed by atoms with Gasteiger partial charge in [-0.3, -0.25) is 18.7 Å². The highest BCUT2D eigenvalue weighted by molar-refractivity contribution is 6.32. The first-order chi connectivity index (χ1) is 11.7. The zero-order chi connectivity index (χ0) is 18.7. The zero-order valence-corrected chi connectivity index (χ0v) is 14.0. The standard InChI is InChI=1S/C15H14ClF2N3O4/c1-20-9(6-12(22)21(2)15(20)24)7-19-13(23)8-3-4-11(10(16)5-8)25-14(17)18/h3-6,14H,7H2,1-2H3,(H,19,23). The molecule has 2 rings (SSSR count). The van der Waals surface area contributed by atoms with Crippen LogP contribution in [0.5, 0.6) is 5.75 Å². The lowest BCUT2D eigenvalue weighted by molar-refractivity contribution is -0.0497. The summed E-state index contributed by atoms with van der Waals surface area (Å²) in [7, 11) is 2.81. The third-order valence-corrected chi connectivity index (χ3v) is 3.76. The molecule has 10 heteroatoms. The molecule has 25 heavy (non-hydrogen) atoms. The summed E-state index contributed by atoms with van der Waals surface area (Å²) >= 11 is 5.79. The normalized spacial score (nSPS) is 10.8. The number of carbonyl (C=O) groups is 1. The van der Waals surface area contributed by atoms with Crippen molar-refractivity contribution in [1.82, 2.24) is 14.5 Å². The van der Waals surface area contributed by atoms with Crippen LogP contribution < -0.4 is 21.3 Å².